The van der Waals surface area contributed by atoms with Crippen LogP contribution >= 0.6 is 0 Å². The minimum Gasteiger partial charge on any atom is -0.491 e. The molecule has 148 valence electrons. The lowest BCUT2D eigenvalue weighted by atomic mass is 9.93. The van der Waals surface area contributed by atoms with Gasteiger partial charge in [-0.25, -0.2) is 4.39 Å². The molecule has 0 fully saturated rings. The lowest BCUT2D eigenvalue weighted by Crippen LogP contribution is -2.00. The summed E-state index contributed by atoms with van der Waals surface area (Å²) in [4.78, 5) is 0. The van der Waals surface area contributed by atoms with Crippen molar-refractivity contribution >= 4 is 0 Å². The van der Waals surface area contributed by atoms with Gasteiger partial charge < -0.3 is 4.74 Å². The Morgan fingerprint density at radius 3 is 2.04 bits per heavy atom. The van der Waals surface area contributed by atoms with E-state index < -0.39 is 0 Å². The Kier molecular flexibility index (Phi) is 11.9. The monoisotopic (exact) mass is 370 g/mol. The molecular weight excluding hydrogens is 335 g/mol. The molecule has 0 aromatic heterocycles. The molecule has 0 amide bonds. The Morgan fingerprint density at radius 2 is 1.56 bits per heavy atom. The fourth-order valence-corrected chi connectivity index (χ4v) is 2.81. The summed E-state index contributed by atoms with van der Waals surface area (Å²) < 4.78 is 19.3. The highest BCUT2D eigenvalue weighted by atomic mass is 19.1. The first kappa shape index (κ1) is 23.0. The van der Waals surface area contributed by atoms with Gasteiger partial charge in [-0.3, -0.25) is 0 Å². The van der Waals surface area contributed by atoms with E-state index in [1.807, 2.05) is 45.0 Å². The fourth-order valence-electron chi connectivity index (χ4n) is 2.81. The van der Waals surface area contributed by atoms with E-state index in [9.17, 15) is 4.39 Å². The van der Waals surface area contributed by atoms with Gasteiger partial charge in [0.15, 0.2) is 11.6 Å². The maximum Gasteiger partial charge on any atom is 0.165 e. The number of hydrogen-bond donors (Lipinski definition) is 0. The topological polar surface area (TPSA) is 9.23 Å². The number of halogens is 1. The van der Waals surface area contributed by atoms with Crippen LogP contribution in [0.3, 0.4) is 0 Å². The third-order valence-corrected chi connectivity index (χ3v) is 4.38. The van der Waals surface area contributed by atoms with Crippen molar-refractivity contribution in [3.63, 3.8) is 0 Å². The first-order chi connectivity index (χ1) is 13.2. The van der Waals surface area contributed by atoms with Crippen LogP contribution in [0.15, 0.2) is 60.7 Å². The Bertz CT molecular complexity index is 641. The molecule has 1 unspecified atom stereocenters. The summed E-state index contributed by atoms with van der Waals surface area (Å²) in [5.41, 5.74) is 2.15. The first-order valence-electron chi connectivity index (χ1n) is 10.3. The number of hydrogen-bond acceptors (Lipinski definition) is 1. The quantitative estimate of drug-likeness (QED) is 0.486. The summed E-state index contributed by atoms with van der Waals surface area (Å²) in [6, 6.07) is 15.3. The number of rotatable bonds is 5. The van der Waals surface area contributed by atoms with Crippen LogP contribution in [0.5, 0.6) is 5.75 Å². The fraction of sp³-hybridized carbons (Fsp3) is 0.440. The molecule has 0 saturated carbocycles. The van der Waals surface area contributed by atoms with Crippen LogP contribution < -0.4 is 4.74 Å². The number of allylic oxidation sites excluding steroid dienone is 2. The van der Waals surface area contributed by atoms with Crippen molar-refractivity contribution in [1.82, 2.24) is 0 Å². The molecular formula is C25H35FO. The zero-order chi connectivity index (χ0) is 19.9. The van der Waals surface area contributed by atoms with Crippen LogP contribution in [0.1, 0.15) is 76.8 Å². The van der Waals surface area contributed by atoms with Gasteiger partial charge >= 0.3 is 0 Å². The Hall–Kier alpha value is -2.09. The van der Waals surface area contributed by atoms with Crippen LogP contribution in [-0.2, 0) is 0 Å². The molecule has 1 aliphatic rings. The van der Waals surface area contributed by atoms with E-state index in [1.165, 1.54) is 31.2 Å². The minimum absolute atomic E-state index is 0.177. The predicted octanol–water partition coefficient (Wildman–Crippen LogP) is 7.91. The zero-order valence-electron chi connectivity index (χ0n) is 17.4. The van der Waals surface area contributed by atoms with Crippen LogP contribution in [0, 0.1) is 5.82 Å². The number of benzene rings is 2. The summed E-state index contributed by atoms with van der Waals surface area (Å²) in [5.74, 6) is 0.232. The zero-order valence-corrected chi connectivity index (χ0v) is 17.4. The van der Waals surface area contributed by atoms with Crippen molar-refractivity contribution in [1.29, 1.82) is 0 Å². The van der Waals surface area contributed by atoms with Crippen molar-refractivity contribution in [2.45, 2.75) is 65.7 Å². The number of ether oxygens (including phenoxy) is 1. The summed E-state index contributed by atoms with van der Waals surface area (Å²) in [6.45, 7) is 8.63. The summed E-state index contributed by atoms with van der Waals surface area (Å²) in [7, 11) is 0. The standard InChI is InChI=1S/C17H19FO.C6H10.C2H6/c1-3-11-19-17-10-9-15(12-16(17)18)13(2)14-7-5-4-6-8-14;1-2-4-6-5-3-1;1-2/h4-10,12-13H,3,11H2,1-2H3;1-2H,3-6H2;1-2H3. The van der Waals surface area contributed by atoms with Gasteiger partial charge in [-0.2, -0.15) is 0 Å². The van der Waals surface area contributed by atoms with Gasteiger partial charge in [0.05, 0.1) is 6.61 Å². The molecule has 1 aliphatic carbocycles. The van der Waals surface area contributed by atoms with Gasteiger partial charge in [0.25, 0.3) is 0 Å². The molecule has 0 spiro atoms. The average Bonchev–Trinajstić information content (AvgIpc) is 2.76. The molecule has 0 aliphatic heterocycles. The molecule has 3 rings (SSSR count). The van der Waals surface area contributed by atoms with Gasteiger partial charge in [-0.1, -0.05) is 76.2 Å². The second-order valence-corrected chi connectivity index (χ2v) is 6.43. The second-order valence-electron chi connectivity index (χ2n) is 6.43. The third-order valence-electron chi connectivity index (χ3n) is 4.38. The molecule has 0 bridgehead atoms. The highest BCUT2D eigenvalue weighted by molar-refractivity contribution is 5.36. The van der Waals surface area contributed by atoms with E-state index in [2.05, 4.69) is 31.2 Å². The molecule has 2 aromatic carbocycles. The van der Waals surface area contributed by atoms with Crippen molar-refractivity contribution in [3.05, 3.63) is 77.6 Å². The molecule has 2 aromatic rings. The molecule has 0 N–H and O–H groups in total. The average molecular weight is 371 g/mol. The maximum absolute atomic E-state index is 13.9. The highest BCUT2D eigenvalue weighted by Crippen LogP contribution is 2.27. The van der Waals surface area contributed by atoms with Crippen LogP contribution in [0.4, 0.5) is 4.39 Å². The van der Waals surface area contributed by atoms with E-state index in [0.717, 1.165) is 12.0 Å². The van der Waals surface area contributed by atoms with Crippen LogP contribution in [0.2, 0.25) is 0 Å². The molecule has 1 nitrogen and oxygen atoms in total. The molecule has 2 heteroatoms. The normalized spacial score (nSPS) is 13.5. The van der Waals surface area contributed by atoms with Crippen LogP contribution in [-0.4, -0.2) is 6.61 Å². The van der Waals surface area contributed by atoms with E-state index in [-0.39, 0.29) is 11.7 Å². The Labute approximate surface area is 165 Å². The van der Waals surface area contributed by atoms with Crippen molar-refractivity contribution in [2.24, 2.45) is 0 Å². The summed E-state index contributed by atoms with van der Waals surface area (Å²) >= 11 is 0. The van der Waals surface area contributed by atoms with Gasteiger partial charge in [0.2, 0.25) is 0 Å². The smallest absolute Gasteiger partial charge is 0.165 e. The first-order valence-corrected chi connectivity index (χ1v) is 10.3. The molecule has 0 radical (unpaired) electrons. The van der Waals surface area contributed by atoms with Crippen molar-refractivity contribution in [2.75, 3.05) is 6.61 Å². The SMILES string of the molecule is C1=CCCCC1.CC.CCCOc1ccc(C(C)c2ccccc2)cc1F. The van der Waals surface area contributed by atoms with E-state index in [4.69, 9.17) is 4.74 Å². The van der Waals surface area contributed by atoms with E-state index in [0.29, 0.717) is 12.4 Å². The van der Waals surface area contributed by atoms with Gasteiger partial charge in [0, 0.05) is 5.92 Å². The largest absolute Gasteiger partial charge is 0.491 e. The maximum atomic E-state index is 13.9. The third kappa shape index (κ3) is 8.43. The van der Waals surface area contributed by atoms with Crippen molar-refractivity contribution < 1.29 is 9.13 Å². The minimum atomic E-state index is -0.284. The second kappa shape index (κ2) is 14.0. The van der Waals surface area contributed by atoms with Crippen LogP contribution in [0.25, 0.3) is 0 Å². The predicted molar refractivity (Wildman–Crippen MR) is 115 cm³/mol. The lowest BCUT2D eigenvalue weighted by molar-refractivity contribution is 0.301. The molecule has 27 heavy (non-hydrogen) atoms. The van der Waals surface area contributed by atoms with Gasteiger partial charge in [-0.15, -0.1) is 0 Å². The van der Waals surface area contributed by atoms with Crippen molar-refractivity contribution in [3.8, 4) is 5.75 Å². The van der Waals surface area contributed by atoms with E-state index in [1.54, 1.807) is 12.1 Å². The molecule has 0 saturated heterocycles. The summed E-state index contributed by atoms with van der Waals surface area (Å²) in [6.07, 6.45) is 10.9. The Morgan fingerprint density at radius 1 is 0.926 bits per heavy atom. The summed E-state index contributed by atoms with van der Waals surface area (Å²) in [5, 5.41) is 0. The highest BCUT2D eigenvalue weighted by Gasteiger charge is 2.11. The molecule has 0 heterocycles. The lowest BCUT2D eigenvalue weighted by Gasteiger charge is -2.14. The van der Waals surface area contributed by atoms with Gasteiger partial charge in [0.1, 0.15) is 0 Å². The Balaban J connectivity index is 0.000000381. The molecule has 1 atom stereocenters. The van der Waals surface area contributed by atoms with Gasteiger partial charge in [-0.05, 0) is 55.4 Å². The van der Waals surface area contributed by atoms with E-state index >= 15 is 0 Å².